The van der Waals surface area contributed by atoms with Gasteiger partial charge in [0.2, 0.25) is 0 Å². The number of allylic oxidation sites excluding steroid dienone is 7. The molecule has 104 valence electrons. The highest BCUT2D eigenvalue weighted by Gasteiger charge is 2.45. The van der Waals surface area contributed by atoms with E-state index in [4.69, 9.17) is 0 Å². The van der Waals surface area contributed by atoms with E-state index >= 15 is 0 Å². The van der Waals surface area contributed by atoms with Crippen LogP contribution in [0.4, 0.5) is 0 Å². The van der Waals surface area contributed by atoms with Crippen LogP contribution in [0.3, 0.4) is 0 Å². The van der Waals surface area contributed by atoms with E-state index < -0.39 is 0 Å². The Labute approximate surface area is 119 Å². The van der Waals surface area contributed by atoms with Crippen molar-refractivity contribution in [2.45, 2.75) is 26.7 Å². The lowest BCUT2D eigenvalue weighted by Crippen LogP contribution is -2.38. The van der Waals surface area contributed by atoms with E-state index in [1.807, 2.05) is 6.92 Å². The average Bonchev–Trinajstić information content (AvgIpc) is 2.38. The Hall–Kier alpha value is -1.95. The first-order chi connectivity index (χ1) is 9.52. The molecule has 3 aliphatic rings. The average molecular weight is 269 g/mol. The highest BCUT2D eigenvalue weighted by Crippen LogP contribution is 2.51. The maximum atomic E-state index is 10.3. The Kier molecular flexibility index (Phi) is 2.97. The summed E-state index contributed by atoms with van der Waals surface area (Å²) in [6, 6.07) is 2.30. The van der Waals surface area contributed by atoms with Gasteiger partial charge in [-0.1, -0.05) is 17.2 Å². The number of nitriles is 1. The summed E-state index contributed by atoms with van der Waals surface area (Å²) in [6.45, 7) is 4.15. The van der Waals surface area contributed by atoms with Crippen LogP contribution in [0.25, 0.3) is 0 Å². The molecule has 0 radical (unpaired) electrons. The van der Waals surface area contributed by atoms with E-state index in [0.29, 0.717) is 5.92 Å². The maximum absolute atomic E-state index is 10.3. The Morgan fingerprint density at radius 1 is 1.25 bits per heavy atom. The lowest BCUT2D eigenvalue weighted by atomic mass is 9.59. The van der Waals surface area contributed by atoms with Crippen LogP contribution >= 0.6 is 0 Å². The fourth-order valence-corrected chi connectivity index (χ4v) is 4.06. The van der Waals surface area contributed by atoms with Gasteiger partial charge >= 0.3 is 0 Å². The van der Waals surface area contributed by atoms with Crippen LogP contribution in [0.1, 0.15) is 26.7 Å². The van der Waals surface area contributed by atoms with Crippen molar-refractivity contribution in [2.75, 3.05) is 0 Å². The molecule has 3 aliphatic carbocycles. The molecule has 0 saturated carbocycles. The van der Waals surface area contributed by atoms with Crippen LogP contribution in [0.2, 0.25) is 0 Å². The number of rotatable bonds is 0. The maximum Gasteiger partial charge on any atom is 0.115 e. The number of aliphatic hydroxyl groups excluding tert-OH is 2. The van der Waals surface area contributed by atoms with Gasteiger partial charge in [-0.25, -0.2) is 0 Å². The van der Waals surface area contributed by atoms with Gasteiger partial charge in [-0.3, -0.25) is 0 Å². The van der Waals surface area contributed by atoms with Crippen molar-refractivity contribution >= 4 is 0 Å². The van der Waals surface area contributed by atoms with Crippen LogP contribution in [0, 0.1) is 35.0 Å². The molecule has 0 aromatic carbocycles. The monoisotopic (exact) mass is 269 g/mol. The van der Waals surface area contributed by atoms with E-state index in [1.54, 1.807) is 6.08 Å². The van der Waals surface area contributed by atoms with E-state index in [9.17, 15) is 15.5 Å². The standard InChI is InChI=1S/C17H19NO2/c1-9-3-4-12-10(2)15(8-18)14-6-11(19)7-16(20)17(14)13(12)5-9/h5-7,12-14,17,19-20H,3-4H2,1-2H3/t12-,13+,14?,17?/m0/s1. The Balaban J connectivity index is 2.17. The molecule has 0 fully saturated rings. The third-order valence-electron chi connectivity index (χ3n) is 5.02. The number of nitrogens with zero attached hydrogens (tertiary/aromatic N) is 1. The van der Waals surface area contributed by atoms with Gasteiger partial charge in [-0.05, 0) is 44.6 Å². The van der Waals surface area contributed by atoms with Gasteiger partial charge in [0.1, 0.15) is 11.5 Å². The van der Waals surface area contributed by atoms with E-state index in [2.05, 4.69) is 19.1 Å². The second kappa shape index (κ2) is 4.56. The fourth-order valence-electron chi connectivity index (χ4n) is 4.06. The minimum Gasteiger partial charge on any atom is -0.512 e. The van der Waals surface area contributed by atoms with E-state index in [0.717, 1.165) is 24.0 Å². The molecule has 0 bridgehead atoms. The van der Waals surface area contributed by atoms with E-state index in [1.165, 1.54) is 11.6 Å². The summed E-state index contributed by atoms with van der Waals surface area (Å²) in [5, 5.41) is 29.5. The highest BCUT2D eigenvalue weighted by atomic mass is 16.3. The normalized spacial score (nSPS) is 36.1. The lowest BCUT2D eigenvalue weighted by Gasteiger charge is -2.44. The predicted molar refractivity (Wildman–Crippen MR) is 76.7 cm³/mol. The molecule has 4 atom stereocenters. The summed E-state index contributed by atoms with van der Waals surface area (Å²) in [6.07, 6.45) is 7.48. The van der Waals surface area contributed by atoms with Gasteiger partial charge in [0.15, 0.2) is 0 Å². The lowest BCUT2D eigenvalue weighted by molar-refractivity contribution is 0.184. The Morgan fingerprint density at radius 2 is 2.00 bits per heavy atom. The van der Waals surface area contributed by atoms with Crippen LogP contribution in [0.5, 0.6) is 0 Å². The number of fused-ring (bicyclic) bond motifs is 3. The first-order valence-electron chi connectivity index (χ1n) is 7.12. The van der Waals surface area contributed by atoms with Gasteiger partial charge in [0.25, 0.3) is 0 Å². The van der Waals surface area contributed by atoms with Crippen molar-refractivity contribution in [3.05, 3.63) is 46.5 Å². The van der Waals surface area contributed by atoms with E-state index in [-0.39, 0.29) is 29.3 Å². The van der Waals surface area contributed by atoms with Gasteiger partial charge in [0.05, 0.1) is 6.07 Å². The van der Waals surface area contributed by atoms with Gasteiger partial charge in [-0.2, -0.15) is 5.26 Å². The topological polar surface area (TPSA) is 64.2 Å². The third-order valence-corrected chi connectivity index (χ3v) is 5.02. The van der Waals surface area contributed by atoms with Crippen LogP contribution < -0.4 is 0 Å². The molecule has 3 nitrogen and oxygen atoms in total. The summed E-state index contributed by atoms with van der Waals surface area (Å²) in [5.41, 5.74) is 3.20. The number of aliphatic hydroxyl groups is 2. The predicted octanol–water partition coefficient (Wildman–Crippen LogP) is 3.94. The van der Waals surface area contributed by atoms with Crippen molar-refractivity contribution in [3.8, 4) is 6.07 Å². The quantitative estimate of drug-likeness (QED) is 0.655. The number of hydrogen-bond acceptors (Lipinski definition) is 3. The second-order valence-corrected chi connectivity index (χ2v) is 6.16. The van der Waals surface area contributed by atoms with Crippen LogP contribution in [-0.2, 0) is 0 Å². The molecule has 0 spiro atoms. The summed E-state index contributed by atoms with van der Waals surface area (Å²) >= 11 is 0. The first-order valence-corrected chi connectivity index (χ1v) is 7.12. The summed E-state index contributed by atoms with van der Waals surface area (Å²) in [7, 11) is 0. The van der Waals surface area contributed by atoms with Gasteiger partial charge < -0.3 is 10.2 Å². The second-order valence-electron chi connectivity index (χ2n) is 6.16. The third kappa shape index (κ3) is 1.79. The smallest absolute Gasteiger partial charge is 0.115 e. The molecule has 2 unspecified atom stereocenters. The number of hydrogen-bond donors (Lipinski definition) is 2. The molecular formula is C17H19NO2. The molecular weight excluding hydrogens is 250 g/mol. The van der Waals surface area contributed by atoms with Crippen molar-refractivity contribution in [1.29, 1.82) is 5.26 Å². The van der Waals surface area contributed by atoms with Gasteiger partial charge in [0, 0.05) is 23.5 Å². The Morgan fingerprint density at radius 3 is 2.70 bits per heavy atom. The van der Waals surface area contributed by atoms with Crippen LogP contribution in [-0.4, -0.2) is 10.2 Å². The zero-order chi connectivity index (χ0) is 14.4. The molecule has 0 aromatic rings. The molecule has 0 aromatic heterocycles. The minimum atomic E-state index is -0.201. The summed E-state index contributed by atoms with van der Waals surface area (Å²) < 4.78 is 0. The largest absolute Gasteiger partial charge is 0.512 e. The van der Waals surface area contributed by atoms with Crippen LogP contribution in [0.15, 0.2) is 46.5 Å². The SMILES string of the molecule is CC1=C[C@H]2C3C(O)=CC(O)=CC3C(C#N)=C(C)[C@@H]2CC1. The first kappa shape index (κ1) is 13.1. The molecule has 2 N–H and O–H groups in total. The van der Waals surface area contributed by atoms with Gasteiger partial charge in [-0.15, -0.1) is 0 Å². The minimum absolute atomic E-state index is 0.0549. The fraction of sp³-hybridized carbons (Fsp3) is 0.471. The molecule has 0 amide bonds. The summed E-state index contributed by atoms with van der Waals surface area (Å²) in [4.78, 5) is 0. The molecule has 0 saturated heterocycles. The van der Waals surface area contributed by atoms with Crippen molar-refractivity contribution in [3.63, 3.8) is 0 Å². The molecule has 3 heteroatoms. The molecule has 0 heterocycles. The Bertz CT molecular complexity index is 615. The molecule has 20 heavy (non-hydrogen) atoms. The summed E-state index contributed by atoms with van der Waals surface area (Å²) in [5.74, 6) is 0.513. The zero-order valence-corrected chi connectivity index (χ0v) is 11.8. The highest BCUT2D eigenvalue weighted by molar-refractivity contribution is 5.44. The molecule has 0 aliphatic heterocycles. The van der Waals surface area contributed by atoms with Crippen molar-refractivity contribution in [1.82, 2.24) is 0 Å². The molecule has 3 rings (SSSR count). The van der Waals surface area contributed by atoms with Crippen molar-refractivity contribution in [2.24, 2.45) is 23.7 Å². The zero-order valence-electron chi connectivity index (χ0n) is 11.8. The van der Waals surface area contributed by atoms with Crippen molar-refractivity contribution < 1.29 is 10.2 Å².